The van der Waals surface area contributed by atoms with Crippen molar-refractivity contribution in [1.29, 1.82) is 0 Å². The van der Waals surface area contributed by atoms with Gasteiger partial charge in [-0.15, -0.1) is 13.2 Å². The van der Waals surface area contributed by atoms with Crippen molar-refractivity contribution in [3.63, 3.8) is 0 Å². The zero-order valence-electron chi connectivity index (χ0n) is 12.0. The highest BCUT2D eigenvalue weighted by Gasteiger charge is 2.26. The van der Waals surface area contributed by atoms with Crippen LogP contribution in [0.25, 0.3) is 0 Å². The van der Waals surface area contributed by atoms with Gasteiger partial charge in [-0.05, 0) is 25.2 Å². The van der Waals surface area contributed by atoms with E-state index in [1.54, 1.807) is 17.1 Å². The fraction of sp³-hybridized carbons (Fsp3) is 0.600. The van der Waals surface area contributed by atoms with E-state index in [2.05, 4.69) is 13.2 Å². The average molecular weight is 280 g/mol. The molecule has 5 heteroatoms. The maximum absolute atomic E-state index is 12.4. The second-order valence-corrected chi connectivity index (χ2v) is 5.15. The van der Waals surface area contributed by atoms with E-state index in [-0.39, 0.29) is 18.4 Å². The largest absolute Gasteiger partial charge is 0.481 e. The Kier molecular flexibility index (Phi) is 6.84. The Bertz CT molecular complexity index is 358. The van der Waals surface area contributed by atoms with Gasteiger partial charge in [-0.25, -0.2) is 4.79 Å². The second kappa shape index (κ2) is 8.40. The van der Waals surface area contributed by atoms with Gasteiger partial charge in [0.25, 0.3) is 0 Å². The topological polar surface area (TPSA) is 60.9 Å². The first kappa shape index (κ1) is 16.3. The van der Waals surface area contributed by atoms with Gasteiger partial charge in [-0.1, -0.05) is 12.2 Å². The first-order valence-electron chi connectivity index (χ1n) is 7.06. The minimum absolute atomic E-state index is 0.00942. The highest BCUT2D eigenvalue weighted by molar-refractivity contribution is 5.75. The van der Waals surface area contributed by atoms with Gasteiger partial charge in [0.15, 0.2) is 0 Å². The van der Waals surface area contributed by atoms with Crippen molar-refractivity contribution in [2.24, 2.45) is 5.92 Å². The fourth-order valence-corrected chi connectivity index (χ4v) is 2.54. The molecule has 1 aliphatic heterocycles. The molecule has 1 aliphatic rings. The Labute approximate surface area is 120 Å². The van der Waals surface area contributed by atoms with Crippen molar-refractivity contribution in [2.45, 2.75) is 25.7 Å². The van der Waals surface area contributed by atoms with Crippen LogP contribution in [-0.2, 0) is 4.79 Å². The lowest BCUT2D eigenvalue weighted by atomic mass is 9.93. The third-order valence-electron chi connectivity index (χ3n) is 3.53. The average Bonchev–Trinajstić information content (AvgIpc) is 2.44. The molecule has 20 heavy (non-hydrogen) atoms. The van der Waals surface area contributed by atoms with Gasteiger partial charge in [0.05, 0.1) is 0 Å². The maximum atomic E-state index is 12.4. The number of amides is 2. The summed E-state index contributed by atoms with van der Waals surface area (Å²) in [6.45, 7) is 9.72. The molecule has 0 saturated carbocycles. The number of hydrogen-bond donors (Lipinski definition) is 1. The Morgan fingerprint density at radius 3 is 2.50 bits per heavy atom. The number of nitrogens with zero attached hydrogens (tertiary/aromatic N) is 2. The number of carbonyl (C=O) groups excluding carboxylic acids is 1. The zero-order chi connectivity index (χ0) is 15.0. The SMILES string of the molecule is C=CCN(CC=C)C(=O)N1CCCC(CCC(=O)O)C1. The highest BCUT2D eigenvalue weighted by Crippen LogP contribution is 2.22. The molecule has 2 amide bonds. The number of rotatable bonds is 7. The Hall–Kier alpha value is -1.78. The molecule has 1 rings (SSSR count). The third-order valence-corrected chi connectivity index (χ3v) is 3.53. The fourth-order valence-electron chi connectivity index (χ4n) is 2.54. The smallest absolute Gasteiger partial charge is 0.320 e. The molecule has 1 saturated heterocycles. The zero-order valence-corrected chi connectivity index (χ0v) is 12.0. The molecule has 0 aromatic heterocycles. The van der Waals surface area contributed by atoms with Crippen molar-refractivity contribution in [3.05, 3.63) is 25.3 Å². The minimum atomic E-state index is -0.770. The Morgan fingerprint density at radius 1 is 1.30 bits per heavy atom. The predicted octanol–water partition coefficient (Wildman–Crippen LogP) is 2.36. The number of aliphatic carboxylic acids is 1. The van der Waals surface area contributed by atoms with Gasteiger partial charge in [0.1, 0.15) is 0 Å². The summed E-state index contributed by atoms with van der Waals surface area (Å²) >= 11 is 0. The molecule has 5 nitrogen and oxygen atoms in total. The van der Waals surface area contributed by atoms with Gasteiger partial charge in [0.2, 0.25) is 0 Å². The molecule has 1 unspecified atom stereocenters. The van der Waals surface area contributed by atoms with Crippen LogP contribution in [0.1, 0.15) is 25.7 Å². The Morgan fingerprint density at radius 2 is 1.95 bits per heavy atom. The molecular formula is C15H24N2O3. The molecule has 1 fully saturated rings. The number of hydrogen-bond acceptors (Lipinski definition) is 2. The predicted molar refractivity (Wildman–Crippen MR) is 78.5 cm³/mol. The molecule has 1 heterocycles. The molecular weight excluding hydrogens is 256 g/mol. The monoisotopic (exact) mass is 280 g/mol. The van der Waals surface area contributed by atoms with Crippen molar-refractivity contribution in [3.8, 4) is 0 Å². The second-order valence-electron chi connectivity index (χ2n) is 5.15. The van der Waals surface area contributed by atoms with E-state index < -0.39 is 5.97 Å². The first-order valence-corrected chi connectivity index (χ1v) is 7.06. The summed E-state index contributed by atoms with van der Waals surface area (Å²) in [5.74, 6) is -0.480. The van der Waals surface area contributed by atoms with Crippen molar-refractivity contribution in [2.75, 3.05) is 26.2 Å². The summed E-state index contributed by atoms with van der Waals surface area (Å²) in [6.07, 6.45) is 6.16. The van der Waals surface area contributed by atoms with E-state index in [9.17, 15) is 9.59 Å². The van der Waals surface area contributed by atoms with E-state index >= 15 is 0 Å². The molecule has 0 aromatic rings. The number of piperidine rings is 1. The molecule has 0 aliphatic carbocycles. The van der Waals surface area contributed by atoms with E-state index in [1.165, 1.54) is 0 Å². The normalized spacial score (nSPS) is 18.4. The van der Waals surface area contributed by atoms with Gasteiger partial charge in [0, 0.05) is 32.6 Å². The van der Waals surface area contributed by atoms with E-state index in [0.717, 1.165) is 19.4 Å². The van der Waals surface area contributed by atoms with Crippen LogP contribution in [-0.4, -0.2) is 53.1 Å². The first-order chi connectivity index (χ1) is 9.58. The van der Waals surface area contributed by atoms with Gasteiger partial charge >= 0.3 is 12.0 Å². The molecule has 0 spiro atoms. The maximum Gasteiger partial charge on any atom is 0.320 e. The van der Waals surface area contributed by atoms with Crippen LogP contribution in [0.3, 0.4) is 0 Å². The van der Waals surface area contributed by atoms with E-state index in [1.807, 2.05) is 4.90 Å². The summed E-state index contributed by atoms with van der Waals surface area (Å²) < 4.78 is 0. The lowest BCUT2D eigenvalue weighted by Gasteiger charge is -2.36. The summed E-state index contributed by atoms with van der Waals surface area (Å²) in [6, 6.07) is -0.00942. The van der Waals surface area contributed by atoms with E-state index in [0.29, 0.717) is 26.1 Å². The van der Waals surface area contributed by atoms with Crippen LogP contribution in [0.15, 0.2) is 25.3 Å². The van der Waals surface area contributed by atoms with Crippen LogP contribution in [0.2, 0.25) is 0 Å². The van der Waals surface area contributed by atoms with Crippen LogP contribution in [0.5, 0.6) is 0 Å². The van der Waals surface area contributed by atoms with Crippen molar-refractivity contribution >= 4 is 12.0 Å². The summed E-state index contributed by atoms with van der Waals surface area (Å²) in [5.41, 5.74) is 0. The van der Waals surface area contributed by atoms with Crippen LogP contribution in [0.4, 0.5) is 4.79 Å². The van der Waals surface area contributed by atoms with Crippen LogP contribution < -0.4 is 0 Å². The van der Waals surface area contributed by atoms with Gasteiger partial charge < -0.3 is 14.9 Å². The number of likely N-dealkylation sites (tertiary alicyclic amines) is 1. The number of urea groups is 1. The lowest BCUT2D eigenvalue weighted by Crippen LogP contribution is -2.47. The molecule has 112 valence electrons. The number of carboxylic acids is 1. The summed E-state index contributed by atoms with van der Waals surface area (Å²) in [4.78, 5) is 26.5. The quantitative estimate of drug-likeness (QED) is 0.728. The molecule has 1 atom stereocenters. The van der Waals surface area contributed by atoms with Gasteiger partial charge in [-0.3, -0.25) is 4.79 Å². The van der Waals surface area contributed by atoms with Crippen LogP contribution >= 0.6 is 0 Å². The van der Waals surface area contributed by atoms with E-state index in [4.69, 9.17) is 5.11 Å². The minimum Gasteiger partial charge on any atom is -0.481 e. The number of carbonyl (C=O) groups is 2. The van der Waals surface area contributed by atoms with Crippen molar-refractivity contribution < 1.29 is 14.7 Å². The van der Waals surface area contributed by atoms with Crippen LogP contribution in [0, 0.1) is 5.92 Å². The summed E-state index contributed by atoms with van der Waals surface area (Å²) in [5, 5.41) is 8.74. The third kappa shape index (κ3) is 5.07. The lowest BCUT2D eigenvalue weighted by molar-refractivity contribution is -0.137. The standard InChI is InChI=1S/C15H24N2O3/c1-3-9-16(10-4-2)15(20)17-11-5-6-13(12-17)7-8-14(18)19/h3-4,13H,1-2,5-12H2,(H,18,19). The Balaban J connectivity index is 2.55. The summed E-state index contributed by atoms with van der Waals surface area (Å²) in [7, 11) is 0. The molecule has 0 aromatic carbocycles. The number of carboxylic acid groups (broad SMARTS) is 1. The molecule has 1 N–H and O–H groups in total. The molecule has 0 bridgehead atoms. The van der Waals surface area contributed by atoms with Gasteiger partial charge in [-0.2, -0.15) is 0 Å². The molecule has 0 radical (unpaired) electrons. The highest BCUT2D eigenvalue weighted by atomic mass is 16.4. The van der Waals surface area contributed by atoms with Crippen molar-refractivity contribution in [1.82, 2.24) is 9.80 Å².